The van der Waals surface area contributed by atoms with Gasteiger partial charge in [-0.3, -0.25) is 10.1 Å². The highest BCUT2D eigenvalue weighted by Gasteiger charge is 2.19. The predicted molar refractivity (Wildman–Crippen MR) is 108 cm³/mol. The summed E-state index contributed by atoms with van der Waals surface area (Å²) in [4.78, 5) is 17.0. The van der Waals surface area contributed by atoms with Gasteiger partial charge in [-0.05, 0) is 48.9 Å². The number of thiazole rings is 1. The number of carbonyl (C=O) groups is 1. The second kappa shape index (κ2) is 7.21. The topological polar surface area (TPSA) is 89.3 Å². The summed E-state index contributed by atoms with van der Waals surface area (Å²) in [6.45, 7) is 1.99. The average Bonchev–Trinajstić information content (AvgIpc) is 3.28. The van der Waals surface area contributed by atoms with E-state index in [9.17, 15) is 13.2 Å². The van der Waals surface area contributed by atoms with E-state index in [4.69, 9.17) is 4.42 Å². The molecule has 0 aliphatic rings. The molecule has 2 aromatic heterocycles. The third-order valence-corrected chi connectivity index (χ3v) is 6.67. The van der Waals surface area contributed by atoms with Gasteiger partial charge in [0.2, 0.25) is 0 Å². The maximum atomic E-state index is 12.4. The zero-order valence-corrected chi connectivity index (χ0v) is 16.5. The predicted octanol–water partition coefficient (Wildman–Crippen LogP) is 4.42. The standard InChI is InChI=1S/C20H16N2O4S2/c1-13-7-9-16-18(11-13)27-20(21-16)22-19(23)17-10-8-14(26-17)12-28(24,25)15-5-3-2-4-6-15/h2-11H,12H2,1H3,(H,21,22,23). The van der Waals surface area contributed by atoms with Gasteiger partial charge in [0.25, 0.3) is 5.91 Å². The van der Waals surface area contributed by atoms with Crippen LogP contribution in [0.25, 0.3) is 10.2 Å². The molecule has 1 N–H and O–H groups in total. The highest BCUT2D eigenvalue weighted by atomic mass is 32.2. The summed E-state index contributed by atoms with van der Waals surface area (Å²) in [5.41, 5.74) is 1.92. The van der Waals surface area contributed by atoms with Crippen LogP contribution in [-0.2, 0) is 15.6 Å². The van der Waals surface area contributed by atoms with E-state index in [0.29, 0.717) is 5.13 Å². The van der Waals surface area contributed by atoms with Crippen molar-refractivity contribution in [3.05, 3.63) is 77.7 Å². The quantitative estimate of drug-likeness (QED) is 0.524. The molecule has 0 bridgehead atoms. The van der Waals surface area contributed by atoms with E-state index >= 15 is 0 Å². The number of benzene rings is 2. The zero-order chi connectivity index (χ0) is 19.7. The molecule has 0 spiro atoms. The molecule has 0 fully saturated rings. The molecule has 4 rings (SSSR count). The summed E-state index contributed by atoms with van der Waals surface area (Å²) in [6, 6.07) is 16.9. The molecular weight excluding hydrogens is 396 g/mol. The van der Waals surface area contributed by atoms with Gasteiger partial charge in [0.15, 0.2) is 20.7 Å². The molecule has 28 heavy (non-hydrogen) atoms. The second-order valence-corrected chi connectivity index (χ2v) is 9.30. The smallest absolute Gasteiger partial charge is 0.293 e. The molecule has 4 aromatic rings. The van der Waals surface area contributed by atoms with Gasteiger partial charge in [0.05, 0.1) is 15.1 Å². The Morgan fingerprint density at radius 2 is 1.89 bits per heavy atom. The number of aryl methyl sites for hydroxylation is 1. The fourth-order valence-corrected chi connectivity index (χ4v) is 4.95. The van der Waals surface area contributed by atoms with Crippen molar-refractivity contribution >= 4 is 42.4 Å². The van der Waals surface area contributed by atoms with E-state index in [1.54, 1.807) is 18.2 Å². The van der Waals surface area contributed by atoms with Crippen molar-refractivity contribution in [2.75, 3.05) is 5.32 Å². The van der Waals surface area contributed by atoms with Crippen LogP contribution >= 0.6 is 11.3 Å². The van der Waals surface area contributed by atoms with Gasteiger partial charge in [-0.1, -0.05) is 35.6 Å². The molecule has 0 aliphatic carbocycles. The van der Waals surface area contributed by atoms with Crippen molar-refractivity contribution in [3.8, 4) is 0 Å². The maximum Gasteiger partial charge on any atom is 0.293 e. The molecule has 6 nitrogen and oxygen atoms in total. The van der Waals surface area contributed by atoms with E-state index < -0.39 is 15.7 Å². The van der Waals surface area contributed by atoms with Crippen molar-refractivity contribution in [3.63, 3.8) is 0 Å². The second-order valence-electron chi connectivity index (χ2n) is 6.28. The van der Waals surface area contributed by atoms with Crippen molar-refractivity contribution in [1.29, 1.82) is 0 Å². The van der Waals surface area contributed by atoms with Crippen LogP contribution in [0.15, 0.2) is 70.0 Å². The van der Waals surface area contributed by atoms with Crippen molar-refractivity contribution in [2.45, 2.75) is 17.6 Å². The number of nitrogens with zero attached hydrogens (tertiary/aromatic N) is 1. The molecule has 0 atom stereocenters. The number of anilines is 1. The third kappa shape index (κ3) is 3.83. The number of furan rings is 1. The first-order chi connectivity index (χ1) is 13.4. The molecule has 0 radical (unpaired) electrons. The minimum atomic E-state index is -3.54. The van der Waals surface area contributed by atoms with Crippen LogP contribution < -0.4 is 5.32 Å². The summed E-state index contributed by atoms with van der Waals surface area (Å²) in [5, 5.41) is 3.16. The van der Waals surface area contributed by atoms with E-state index in [2.05, 4.69) is 10.3 Å². The van der Waals surface area contributed by atoms with Crippen LogP contribution in [-0.4, -0.2) is 19.3 Å². The number of nitrogens with one attached hydrogen (secondary N) is 1. The Morgan fingerprint density at radius 3 is 2.68 bits per heavy atom. The highest BCUT2D eigenvalue weighted by Crippen LogP contribution is 2.27. The van der Waals surface area contributed by atoms with Crippen LogP contribution in [0.5, 0.6) is 0 Å². The fourth-order valence-electron chi connectivity index (χ4n) is 2.72. The number of rotatable bonds is 5. The Balaban J connectivity index is 1.49. The Bertz CT molecular complexity index is 1260. The van der Waals surface area contributed by atoms with E-state index in [1.807, 2.05) is 25.1 Å². The lowest BCUT2D eigenvalue weighted by molar-refractivity contribution is 0.0995. The van der Waals surface area contributed by atoms with Crippen LogP contribution in [0.2, 0.25) is 0 Å². The molecule has 2 aromatic carbocycles. The summed E-state index contributed by atoms with van der Waals surface area (Å²) >= 11 is 1.37. The largest absolute Gasteiger partial charge is 0.455 e. The molecule has 1 amide bonds. The molecular formula is C20H16N2O4S2. The normalized spacial score (nSPS) is 11.6. The number of fused-ring (bicyclic) bond motifs is 1. The van der Waals surface area contributed by atoms with Crippen LogP contribution in [0.3, 0.4) is 0 Å². The van der Waals surface area contributed by atoms with Crippen molar-refractivity contribution in [2.24, 2.45) is 0 Å². The first-order valence-corrected chi connectivity index (χ1v) is 10.9. The average molecular weight is 412 g/mol. The Labute approximate surface area is 165 Å². The lowest BCUT2D eigenvalue weighted by atomic mass is 10.2. The van der Waals surface area contributed by atoms with Gasteiger partial charge >= 0.3 is 0 Å². The third-order valence-electron chi connectivity index (χ3n) is 4.08. The SMILES string of the molecule is Cc1ccc2nc(NC(=O)c3ccc(CS(=O)(=O)c4ccccc4)o3)sc2c1. The Kier molecular flexibility index (Phi) is 4.74. The summed E-state index contributed by atoms with van der Waals surface area (Å²) < 4.78 is 31.3. The monoisotopic (exact) mass is 412 g/mol. The molecule has 0 unspecified atom stereocenters. The van der Waals surface area contributed by atoms with Crippen LogP contribution in [0, 0.1) is 6.92 Å². The molecule has 0 saturated heterocycles. The van der Waals surface area contributed by atoms with E-state index in [0.717, 1.165) is 15.8 Å². The Hall–Kier alpha value is -2.97. The lowest BCUT2D eigenvalue weighted by Gasteiger charge is -2.02. The van der Waals surface area contributed by atoms with Crippen LogP contribution in [0.4, 0.5) is 5.13 Å². The molecule has 8 heteroatoms. The number of sulfone groups is 1. The van der Waals surface area contributed by atoms with Gasteiger partial charge in [-0.15, -0.1) is 0 Å². The van der Waals surface area contributed by atoms with Crippen molar-refractivity contribution in [1.82, 2.24) is 4.98 Å². The molecule has 142 valence electrons. The zero-order valence-electron chi connectivity index (χ0n) is 14.9. The lowest BCUT2D eigenvalue weighted by Crippen LogP contribution is -2.10. The maximum absolute atomic E-state index is 12.4. The van der Waals surface area contributed by atoms with Gasteiger partial charge < -0.3 is 4.42 Å². The Morgan fingerprint density at radius 1 is 1.11 bits per heavy atom. The van der Waals surface area contributed by atoms with E-state index in [-0.39, 0.29) is 22.2 Å². The summed E-state index contributed by atoms with van der Waals surface area (Å²) in [7, 11) is -3.54. The first-order valence-electron chi connectivity index (χ1n) is 8.46. The van der Waals surface area contributed by atoms with Gasteiger partial charge in [-0.2, -0.15) is 0 Å². The van der Waals surface area contributed by atoms with Crippen LogP contribution in [0.1, 0.15) is 21.9 Å². The van der Waals surface area contributed by atoms with E-state index in [1.165, 1.54) is 35.6 Å². The number of aromatic nitrogens is 1. The number of hydrogen-bond donors (Lipinski definition) is 1. The number of carbonyl (C=O) groups excluding carboxylic acids is 1. The van der Waals surface area contributed by atoms with Crippen molar-refractivity contribution < 1.29 is 17.6 Å². The van der Waals surface area contributed by atoms with Gasteiger partial charge in [0.1, 0.15) is 11.5 Å². The summed E-state index contributed by atoms with van der Waals surface area (Å²) in [6.07, 6.45) is 0. The highest BCUT2D eigenvalue weighted by molar-refractivity contribution is 7.90. The summed E-state index contributed by atoms with van der Waals surface area (Å²) in [5.74, 6) is -0.549. The minimum Gasteiger partial charge on any atom is -0.455 e. The number of hydrogen-bond acceptors (Lipinski definition) is 6. The number of amides is 1. The minimum absolute atomic E-state index is 0.0358. The van der Waals surface area contributed by atoms with Gasteiger partial charge in [-0.25, -0.2) is 13.4 Å². The molecule has 0 saturated carbocycles. The fraction of sp³-hybridized carbons (Fsp3) is 0.100. The molecule has 2 heterocycles. The first kappa shape index (κ1) is 18.4. The molecule has 0 aliphatic heterocycles. The van der Waals surface area contributed by atoms with Gasteiger partial charge in [0, 0.05) is 0 Å².